The van der Waals surface area contributed by atoms with Gasteiger partial charge < -0.3 is 5.32 Å². The van der Waals surface area contributed by atoms with Gasteiger partial charge in [-0.2, -0.15) is 0 Å². The summed E-state index contributed by atoms with van der Waals surface area (Å²) >= 11 is 0. The molecule has 3 rings (SSSR count). The second-order valence-electron chi connectivity index (χ2n) is 4.30. The molecule has 1 aromatic carbocycles. The van der Waals surface area contributed by atoms with Crippen molar-refractivity contribution >= 4 is 5.69 Å². The second kappa shape index (κ2) is 2.47. The average molecular weight is 195 g/mol. The molecule has 0 saturated heterocycles. The zero-order valence-corrected chi connectivity index (χ0v) is 7.74. The summed E-state index contributed by atoms with van der Waals surface area (Å²) in [7, 11) is 0. The molecule has 1 N–H and O–H groups in total. The summed E-state index contributed by atoms with van der Waals surface area (Å²) in [5.74, 6) is -0.917. The van der Waals surface area contributed by atoms with Crippen LogP contribution in [0, 0.1) is 11.6 Å². The summed E-state index contributed by atoms with van der Waals surface area (Å²) in [6, 6.07) is 2.43. The van der Waals surface area contributed by atoms with Gasteiger partial charge in [0, 0.05) is 18.0 Å². The monoisotopic (exact) mass is 195 g/mol. The smallest absolute Gasteiger partial charge is 0.149 e. The van der Waals surface area contributed by atoms with Crippen molar-refractivity contribution in [3.63, 3.8) is 0 Å². The van der Waals surface area contributed by atoms with Crippen molar-refractivity contribution < 1.29 is 8.78 Å². The lowest BCUT2D eigenvalue weighted by atomic mass is 9.66. The van der Waals surface area contributed by atoms with Gasteiger partial charge in [-0.15, -0.1) is 0 Å². The summed E-state index contributed by atoms with van der Waals surface area (Å²) in [5.41, 5.74) is 1.41. The van der Waals surface area contributed by atoms with Gasteiger partial charge in [0.1, 0.15) is 11.6 Å². The van der Waals surface area contributed by atoms with E-state index in [4.69, 9.17) is 0 Å². The van der Waals surface area contributed by atoms with Crippen molar-refractivity contribution in [1.29, 1.82) is 0 Å². The molecular formula is C11H11F2N. The van der Waals surface area contributed by atoms with Crippen LogP contribution in [0.1, 0.15) is 24.8 Å². The van der Waals surface area contributed by atoms with Crippen molar-refractivity contribution in [3.8, 4) is 0 Å². The van der Waals surface area contributed by atoms with E-state index in [1.807, 2.05) is 0 Å². The Kier molecular flexibility index (Phi) is 1.45. The Labute approximate surface area is 81.1 Å². The third-order valence-electron chi connectivity index (χ3n) is 3.54. The number of nitrogens with one attached hydrogen (secondary N) is 1. The van der Waals surface area contributed by atoms with Crippen LogP contribution in [-0.4, -0.2) is 6.54 Å². The van der Waals surface area contributed by atoms with Gasteiger partial charge in [-0.05, 0) is 24.5 Å². The van der Waals surface area contributed by atoms with Crippen molar-refractivity contribution in [1.82, 2.24) is 0 Å². The van der Waals surface area contributed by atoms with Crippen LogP contribution in [-0.2, 0) is 5.41 Å². The molecule has 0 atom stereocenters. The lowest BCUT2D eigenvalue weighted by Gasteiger charge is -2.38. The fraction of sp³-hybridized carbons (Fsp3) is 0.455. The number of halogens is 2. The predicted molar refractivity (Wildman–Crippen MR) is 50.4 cm³/mol. The quantitative estimate of drug-likeness (QED) is 0.671. The van der Waals surface area contributed by atoms with Crippen LogP contribution in [0.25, 0.3) is 0 Å². The third-order valence-corrected chi connectivity index (χ3v) is 3.54. The van der Waals surface area contributed by atoms with E-state index in [9.17, 15) is 8.78 Å². The molecule has 0 unspecified atom stereocenters. The van der Waals surface area contributed by atoms with Crippen LogP contribution >= 0.6 is 0 Å². The number of benzene rings is 1. The van der Waals surface area contributed by atoms with Crippen LogP contribution in [0.15, 0.2) is 12.1 Å². The molecule has 1 aromatic rings. The van der Waals surface area contributed by atoms with Gasteiger partial charge in [-0.3, -0.25) is 0 Å². The maximum absolute atomic E-state index is 13.4. The molecule has 0 radical (unpaired) electrons. The minimum Gasteiger partial charge on any atom is -0.382 e. The fourth-order valence-corrected chi connectivity index (χ4v) is 2.57. The lowest BCUT2D eigenvalue weighted by molar-refractivity contribution is 0.271. The molecule has 1 nitrogen and oxygen atoms in total. The van der Waals surface area contributed by atoms with E-state index in [1.165, 1.54) is 12.5 Å². The second-order valence-corrected chi connectivity index (χ2v) is 4.30. The van der Waals surface area contributed by atoms with Gasteiger partial charge in [0.15, 0.2) is 0 Å². The zero-order valence-electron chi connectivity index (χ0n) is 7.74. The molecule has 0 amide bonds. The Bertz CT molecular complexity index is 397. The number of rotatable bonds is 0. The molecule has 74 valence electrons. The fourth-order valence-electron chi connectivity index (χ4n) is 2.57. The van der Waals surface area contributed by atoms with E-state index in [-0.39, 0.29) is 5.41 Å². The molecule has 1 aliphatic carbocycles. The van der Waals surface area contributed by atoms with Gasteiger partial charge in [-0.1, -0.05) is 6.42 Å². The van der Waals surface area contributed by atoms with E-state index in [2.05, 4.69) is 5.32 Å². The first-order valence-corrected chi connectivity index (χ1v) is 4.95. The highest BCUT2D eigenvalue weighted by molar-refractivity contribution is 5.62. The highest BCUT2D eigenvalue weighted by Crippen LogP contribution is 2.50. The maximum Gasteiger partial charge on any atom is 0.149 e. The Morgan fingerprint density at radius 3 is 2.64 bits per heavy atom. The molecule has 0 aromatic heterocycles. The van der Waals surface area contributed by atoms with Crippen LogP contribution < -0.4 is 5.32 Å². The van der Waals surface area contributed by atoms with Gasteiger partial charge in [0.2, 0.25) is 0 Å². The van der Waals surface area contributed by atoms with E-state index in [1.54, 1.807) is 0 Å². The summed E-state index contributed by atoms with van der Waals surface area (Å²) in [4.78, 5) is 0. The van der Waals surface area contributed by atoms with Crippen molar-refractivity contribution in [2.24, 2.45) is 0 Å². The van der Waals surface area contributed by atoms with E-state index in [0.29, 0.717) is 5.69 Å². The summed E-state index contributed by atoms with van der Waals surface area (Å²) < 4.78 is 26.4. The first kappa shape index (κ1) is 8.21. The van der Waals surface area contributed by atoms with E-state index in [0.717, 1.165) is 31.0 Å². The number of anilines is 1. The Morgan fingerprint density at radius 2 is 2.00 bits per heavy atom. The molecule has 2 aliphatic rings. The van der Waals surface area contributed by atoms with Gasteiger partial charge in [-0.25, -0.2) is 8.78 Å². The van der Waals surface area contributed by atoms with Crippen molar-refractivity contribution in [2.45, 2.75) is 24.7 Å². The lowest BCUT2D eigenvalue weighted by Crippen LogP contribution is -2.35. The summed E-state index contributed by atoms with van der Waals surface area (Å²) in [6.45, 7) is 0.767. The molecule has 3 heteroatoms. The van der Waals surface area contributed by atoms with Crippen LogP contribution in [0.3, 0.4) is 0 Å². The molecular weight excluding hydrogens is 184 g/mol. The molecule has 1 aliphatic heterocycles. The Hall–Kier alpha value is -1.12. The largest absolute Gasteiger partial charge is 0.382 e. The first-order chi connectivity index (χ1) is 6.71. The van der Waals surface area contributed by atoms with Crippen LogP contribution in [0.4, 0.5) is 14.5 Å². The normalized spacial score (nSPS) is 21.6. The van der Waals surface area contributed by atoms with E-state index < -0.39 is 11.6 Å². The summed E-state index contributed by atoms with van der Waals surface area (Å²) in [5, 5.41) is 3.05. The molecule has 1 saturated carbocycles. The average Bonchev–Trinajstić information content (AvgIpc) is 2.42. The topological polar surface area (TPSA) is 12.0 Å². The van der Waals surface area contributed by atoms with Crippen LogP contribution in [0.5, 0.6) is 0 Å². The van der Waals surface area contributed by atoms with Crippen molar-refractivity contribution in [2.75, 3.05) is 11.9 Å². The number of hydrogen-bond donors (Lipinski definition) is 1. The minimum atomic E-state index is -0.462. The van der Waals surface area contributed by atoms with Gasteiger partial charge >= 0.3 is 0 Å². The van der Waals surface area contributed by atoms with E-state index >= 15 is 0 Å². The first-order valence-electron chi connectivity index (χ1n) is 4.95. The number of fused-ring (bicyclic) bond motifs is 2. The molecule has 0 bridgehead atoms. The predicted octanol–water partition coefficient (Wildman–Crippen LogP) is 2.81. The maximum atomic E-state index is 13.4. The highest BCUT2D eigenvalue weighted by atomic mass is 19.1. The minimum absolute atomic E-state index is 0.0400. The van der Waals surface area contributed by atoms with Crippen LogP contribution in [0.2, 0.25) is 0 Å². The molecule has 1 spiro atoms. The van der Waals surface area contributed by atoms with Gasteiger partial charge in [0.05, 0.1) is 5.69 Å². The third kappa shape index (κ3) is 0.873. The Morgan fingerprint density at radius 1 is 1.21 bits per heavy atom. The highest BCUT2D eigenvalue weighted by Gasteiger charge is 2.44. The molecule has 1 fully saturated rings. The van der Waals surface area contributed by atoms with Gasteiger partial charge in [0.25, 0.3) is 0 Å². The molecule has 1 heterocycles. The Balaban J connectivity index is 2.18. The molecule has 14 heavy (non-hydrogen) atoms. The SMILES string of the molecule is Fc1cc(F)c2c(c1)C1(CCC1)CN2. The standard InChI is InChI=1S/C11H11F2N/c12-7-4-8-10(9(13)5-7)14-6-11(8)2-1-3-11/h4-5,14H,1-3,6H2. The van der Waals surface area contributed by atoms with Crippen molar-refractivity contribution in [3.05, 3.63) is 29.3 Å². The number of hydrogen-bond acceptors (Lipinski definition) is 1. The zero-order chi connectivity index (χ0) is 9.76. The summed E-state index contributed by atoms with van der Waals surface area (Å²) in [6.07, 6.45) is 3.27.